The van der Waals surface area contributed by atoms with E-state index < -0.39 is 0 Å². The summed E-state index contributed by atoms with van der Waals surface area (Å²) in [5.41, 5.74) is 1.30. The van der Waals surface area contributed by atoms with Gasteiger partial charge in [0, 0.05) is 10.9 Å². The molecule has 0 saturated heterocycles. The number of hydrogen-bond donors (Lipinski definition) is 1. The van der Waals surface area contributed by atoms with Crippen LogP contribution in [-0.4, -0.2) is 5.11 Å². The molecule has 1 aliphatic rings. The summed E-state index contributed by atoms with van der Waals surface area (Å²) < 4.78 is 0. The Bertz CT molecular complexity index is 565. The van der Waals surface area contributed by atoms with Gasteiger partial charge in [0.05, 0.1) is 0 Å². The molecule has 0 amide bonds. The number of phenols is 1. The van der Waals surface area contributed by atoms with Gasteiger partial charge in [0.1, 0.15) is 5.75 Å². The highest BCUT2D eigenvalue weighted by Gasteiger charge is 2.31. The third kappa shape index (κ3) is 1.78. The summed E-state index contributed by atoms with van der Waals surface area (Å²) in [5.74, 6) is 0.498. The maximum Gasteiger partial charge on any atom is 0.127 e. The molecule has 1 aliphatic carbocycles. The first kappa shape index (κ1) is 11.6. The van der Waals surface area contributed by atoms with Gasteiger partial charge in [-0.3, -0.25) is 0 Å². The van der Waals surface area contributed by atoms with Gasteiger partial charge in [0.2, 0.25) is 0 Å². The van der Waals surface area contributed by atoms with Crippen molar-refractivity contribution < 1.29 is 5.11 Å². The first-order chi connectivity index (χ1) is 8.71. The van der Waals surface area contributed by atoms with Crippen molar-refractivity contribution in [1.82, 2.24) is 0 Å². The summed E-state index contributed by atoms with van der Waals surface area (Å²) in [6.07, 6.45) is 6.28. The lowest BCUT2D eigenvalue weighted by Crippen LogP contribution is -2.25. The Morgan fingerprint density at radius 2 is 1.67 bits per heavy atom. The van der Waals surface area contributed by atoms with Crippen molar-refractivity contribution in [3.05, 3.63) is 42.0 Å². The van der Waals surface area contributed by atoms with E-state index in [-0.39, 0.29) is 5.41 Å². The fraction of sp³-hybridized carbons (Fsp3) is 0.412. The zero-order valence-electron chi connectivity index (χ0n) is 10.9. The molecule has 1 heteroatoms. The molecular weight excluding hydrogens is 220 g/mol. The summed E-state index contributed by atoms with van der Waals surface area (Å²) in [6.45, 7) is 2.30. The topological polar surface area (TPSA) is 20.2 Å². The normalized spacial score (nSPS) is 18.9. The van der Waals surface area contributed by atoms with Crippen LogP contribution in [0.15, 0.2) is 36.4 Å². The van der Waals surface area contributed by atoms with Crippen molar-refractivity contribution in [2.24, 2.45) is 0 Å². The van der Waals surface area contributed by atoms with Crippen molar-refractivity contribution in [3.63, 3.8) is 0 Å². The van der Waals surface area contributed by atoms with Crippen LogP contribution < -0.4 is 0 Å². The van der Waals surface area contributed by atoms with E-state index in [1.807, 2.05) is 18.2 Å². The first-order valence-electron chi connectivity index (χ1n) is 6.92. The number of fused-ring (bicyclic) bond motifs is 1. The molecule has 0 aromatic heterocycles. The van der Waals surface area contributed by atoms with Crippen molar-refractivity contribution in [2.75, 3.05) is 0 Å². The van der Waals surface area contributed by atoms with Gasteiger partial charge in [-0.15, -0.1) is 0 Å². The Balaban J connectivity index is 2.14. The second kappa shape index (κ2) is 4.31. The molecule has 18 heavy (non-hydrogen) atoms. The number of rotatable bonds is 1. The molecule has 1 saturated carbocycles. The molecular formula is C17H20O. The Hall–Kier alpha value is -1.50. The Kier molecular flexibility index (Phi) is 2.77. The molecule has 1 fully saturated rings. The van der Waals surface area contributed by atoms with Crippen LogP contribution in [0.2, 0.25) is 0 Å². The minimum Gasteiger partial charge on any atom is -0.507 e. The summed E-state index contributed by atoms with van der Waals surface area (Å²) in [7, 11) is 0. The smallest absolute Gasteiger partial charge is 0.127 e. The second-order valence-corrected chi connectivity index (χ2v) is 5.80. The van der Waals surface area contributed by atoms with Gasteiger partial charge in [-0.05, 0) is 23.6 Å². The molecule has 2 aromatic carbocycles. The Labute approximate surface area is 108 Å². The van der Waals surface area contributed by atoms with Crippen molar-refractivity contribution in [3.8, 4) is 5.75 Å². The molecule has 2 aromatic rings. The molecule has 0 spiro atoms. The SMILES string of the molecule is CC1(c2ccc3ccccc3c2O)CCCCC1. The average Bonchev–Trinajstić information content (AvgIpc) is 2.40. The summed E-state index contributed by atoms with van der Waals surface area (Å²) in [5, 5.41) is 12.7. The minimum absolute atomic E-state index is 0.159. The lowest BCUT2D eigenvalue weighted by atomic mass is 9.70. The fourth-order valence-corrected chi connectivity index (χ4v) is 3.34. The molecule has 0 radical (unpaired) electrons. The fourth-order valence-electron chi connectivity index (χ4n) is 3.34. The zero-order chi connectivity index (χ0) is 12.6. The molecule has 0 atom stereocenters. The lowest BCUT2D eigenvalue weighted by Gasteiger charge is -2.34. The molecule has 94 valence electrons. The average molecular weight is 240 g/mol. The van der Waals surface area contributed by atoms with Gasteiger partial charge in [0.25, 0.3) is 0 Å². The summed E-state index contributed by atoms with van der Waals surface area (Å²) in [6, 6.07) is 12.4. The minimum atomic E-state index is 0.159. The molecule has 3 rings (SSSR count). The van der Waals surface area contributed by atoms with Crippen LogP contribution in [0.5, 0.6) is 5.75 Å². The van der Waals surface area contributed by atoms with E-state index in [0.717, 1.165) is 16.3 Å². The van der Waals surface area contributed by atoms with Gasteiger partial charge in [-0.25, -0.2) is 0 Å². The van der Waals surface area contributed by atoms with Gasteiger partial charge in [-0.2, -0.15) is 0 Å². The van der Waals surface area contributed by atoms with Gasteiger partial charge < -0.3 is 5.11 Å². The van der Waals surface area contributed by atoms with E-state index in [4.69, 9.17) is 0 Å². The Morgan fingerprint density at radius 3 is 2.44 bits per heavy atom. The maximum atomic E-state index is 10.6. The van der Waals surface area contributed by atoms with Crippen LogP contribution in [0, 0.1) is 0 Å². The second-order valence-electron chi connectivity index (χ2n) is 5.80. The van der Waals surface area contributed by atoms with Crippen molar-refractivity contribution in [2.45, 2.75) is 44.4 Å². The summed E-state index contributed by atoms with van der Waals surface area (Å²) >= 11 is 0. The maximum absolute atomic E-state index is 10.6. The quantitative estimate of drug-likeness (QED) is 0.761. The van der Waals surface area contributed by atoms with Crippen LogP contribution in [0.3, 0.4) is 0 Å². The lowest BCUT2D eigenvalue weighted by molar-refractivity contribution is 0.309. The number of phenolic OH excluding ortho intramolecular Hbond substituents is 1. The molecule has 1 N–H and O–H groups in total. The molecule has 0 heterocycles. The predicted molar refractivity (Wildman–Crippen MR) is 76.0 cm³/mol. The zero-order valence-corrected chi connectivity index (χ0v) is 10.9. The van der Waals surface area contributed by atoms with Crippen molar-refractivity contribution in [1.29, 1.82) is 0 Å². The van der Waals surface area contributed by atoms with Crippen LogP contribution >= 0.6 is 0 Å². The highest BCUT2D eigenvalue weighted by Crippen LogP contribution is 2.44. The molecule has 1 nitrogen and oxygen atoms in total. The van der Waals surface area contributed by atoms with E-state index in [9.17, 15) is 5.11 Å². The van der Waals surface area contributed by atoms with Crippen LogP contribution in [0.25, 0.3) is 10.8 Å². The highest BCUT2D eigenvalue weighted by molar-refractivity contribution is 5.89. The highest BCUT2D eigenvalue weighted by atomic mass is 16.3. The monoisotopic (exact) mass is 240 g/mol. The standard InChI is InChI=1S/C17H20O/c1-17(11-5-2-6-12-17)15-10-9-13-7-3-4-8-14(13)16(15)18/h3-4,7-10,18H,2,5-6,11-12H2,1H3. The largest absolute Gasteiger partial charge is 0.507 e. The number of benzene rings is 2. The van der Waals surface area contributed by atoms with E-state index in [2.05, 4.69) is 25.1 Å². The van der Waals surface area contributed by atoms with Gasteiger partial charge >= 0.3 is 0 Å². The van der Waals surface area contributed by atoms with E-state index in [1.165, 1.54) is 32.1 Å². The van der Waals surface area contributed by atoms with Gasteiger partial charge in [-0.1, -0.05) is 62.6 Å². The van der Waals surface area contributed by atoms with E-state index in [1.54, 1.807) is 0 Å². The van der Waals surface area contributed by atoms with Crippen molar-refractivity contribution >= 4 is 10.8 Å². The van der Waals surface area contributed by atoms with E-state index >= 15 is 0 Å². The Morgan fingerprint density at radius 1 is 0.944 bits per heavy atom. The van der Waals surface area contributed by atoms with Gasteiger partial charge in [0.15, 0.2) is 0 Å². The van der Waals surface area contributed by atoms with Crippen LogP contribution in [0.1, 0.15) is 44.6 Å². The first-order valence-corrected chi connectivity index (χ1v) is 6.92. The predicted octanol–water partition coefficient (Wildman–Crippen LogP) is 4.77. The van der Waals surface area contributed by atoms with Crippen LogP contribution in [0.4, 0.5) is 0 Å². The van der Waals surface area contributed by atoms with Crippen LogP contribution in [-0.2, 0) is 5.41 Å². The number of aromatic hydroxyl groups is 1. The molecule has 0 unspecified atom stereocenters. The molecule has 0 bridgehead atoms. The molecule has 0 aliphatic heterocycles. The number of hydrogen-bond acceptors (Lipinski definition) is 1. The third-order valence-electron chi connectivity index (χ3n) is 4.51. The third-order valence-corrected chi connectivity index (χ3v) is 4.51. The van der Waals surface area contributed by atoms with E-state index in [0.29, 0.717) is 5.75 Å². The summed E-state index contributed by atoms with van der Waals surface area (Å²) in [4.78, 5) is 0.